The maximum Gasteiger partial charge on any atom is 0.171 e. The van der Waals surface area contributed by atoms with Gasteiger partial charge in [0.1, 0.15) is 0 Å². The molecule has 0 aliphatic carbocycles. The molecule has 0 atom stereocenters. The van der Waals surface area contributed by atoms with E-state index in [0.717, 1.165) is 5.69 Å². The fraction of sp³-hybridized carbons (Fsp3) is 0.538. The molecule has 0 radical (unpaired) electrons. The lowest BCUT2D eigenvalue weighted by molar-refractivity contribution is 0.311. The Balaban J connectivity index is 3.04. The van der Waals surface area contributed by atoms with Gasteiger partial charge in [-0.15, -0.1) is 0 Å². The average molecular weight is 237 g/mol. The molecule has 0 saturated heterocycles. The fourth-order valence-corrected chi connectivity index (χ4v) is 2.42. The van der Waals surface area contributed by atoms with Gasteiger partial charge < -0.3 is 10.2 Å². The van der Waals surface area contributed by atoms with E-state index in [0.29, 0.717) is 6.61 Å². The van der Waals surface area contributed by atoms with E-state index in [1.807, 2.05) is 12.1 Å². The first-order valence-corrected chi connectivity index (χ1v) is 8.60. The molecule has 2 nitrogen and oxygen atoms in total. The van der Waals surface area contributed by atoms with Crippen LogP contribution in [0, 0.1) is 0 Å². The summed E-state index contributed by atoms with van der Waals surface area (Å²) in [5.74, 6) is 0. The minimum absolute atomic E-state index is 0.0720. The minimum atomic E-state index is -0.971. The van der Waals surface area contributed by atoms with Crippen molar-refractivity contribution in [2.75, 3.05) is 5.73 Å². The van der Waals surface area contributed by atoms with Crippen molar-refractivity contribution in [1.82, 2.24) is 0 Å². The number of benzene rings is 1. The topological polar surface area (TPSA) is 35.2 Å². The van der Waals surface area contributed by atoms with Crippen molar-refractivity contribution in [1.29, 1.82) is 0 Å². The molecule has 0 bridgehead atoms. The minimum Gasteiger partial charge on any atom is -0.416 e. The van der Waals surface area contributed by atoms with Crippen molar-refractivity contribution in [3.8, 4) is 0 Å². The highest BCUT2D eigenvalue weighted by Gasteiger charge is 2.20. The molecular formula is C13H23NOSi. The lowest BCUT2D eigenvalue weighted by atomic mass is 9.83. The molecule has 2 N–H and O–H groups in total. The van der Waals surface area contributed by atoms with E-state index in [1.54, 1.807) is 0 Å². The van der Waals surface area contributed by atoms with E-state index in [1.165, 1.54) is 11.1 Å². The molecule has 90 valence electrons. The third-order valence-corrected chi connectivity index (χ3v) is 3.34. The molecule has 0 aliphatic rings. The average Bonchev–Trinajstić information content (AvgIpc) is 2.12. The van der Waals surface area contributed by atoms with Crippen molar-refractivity contribution >= 4 is 14.7 Å². The zero-order valence-corrected chi connectivity index (χ0v) is 12.2. The van der Waals surface area contributed by atoms with E-state index in [2.05, 4.69) is 39.9 Å². The van der Waals surface area contributed by atoms with Crippen molar-refractivity contribution in [2.24, 2.45) is 0 Å². The predicted molar refractivity (Wildman–Crippen MR) is 73.2 cm³/mol. The fourth-order valence-electron chi connectivity index (χ4n) is 1.91. The van der Waals surface area contributed by atoms with Crippen LogP contribution in [0.5, 0.6) is 0 Å². The second-order valence-corrected chi connectivity index (χ2v) is 7.92. The number of rotatable bonds is 3. The molecule has 0 saturated carbocycles. The van der Waals surface area contributed by atoms with Crippen LogP contribution in [-0.2, 0) is 16.4 Å². The summed E-state index contributed by atoms with van der Waals surface area (Å²) < 4.78 is 5.80. The van der Waals surface area contributed by atoms with E-state index in [9.17, 15) is 0 Å². The second-order valence-electron chi connectivity index (χ2n) is 5.49. The molecule has 0 spiro atoms. The van der Waals surface area contributed by atoms with Crippen LogP contribution in [0.1, 0.15) is 31.9 Å². The van der Waals surface area contributed by atoms with Crippen molar-refractivity contribution in [3.63, 3.8) is 0 Å². The largest absolute Gasteiger partial charge is 0.416 e. The van der Waals surface area contributed by atoms with E-state index >= 15 is 0 Å². The van der Waals surface area contributed by atoms with Crippen molar-refractivity contribution < 1.29 is 4.43 Å². The normalized spacial score (nSPS) is 12.1. The van der Waals surface area contributed by atoms with Gasteiger partial charge in [0.2, 0.25) is 0 Å². The third kappa shape index (κ3) is 3.35. The third-order valence-electron chi connectivity index (χ3n) is 2.51. The monoisotopic (exact) mass is 237 g/mol. The zero-order valence-electron chi connectivity index (χ0n) is 11.0. The van der Waals surface area contributed by atoms with Crippen LogP contribution in [-0.4, -0.2) is 9.04 Å². The Morgan fingerprint density at radius 2 is 1.88 bits per heavy atom. The molecule has 0 amide bonds. The summed E-state index contributed by atoms with van der Waals surface area (Å²) in [4.78, 5) is 0. The molecule has 0 unspecified atom stereocenters. The van der Waals surface area contributed by atoms with Crippen LogP contribution >= 0.6 is 0 Å². The second kappa shape index (κ2) is 5.02. The molecule has 1 aromatic rings. The smallest absolute Gasteiger partial charge is 0.171 e. The van der Waals surface area contributed by atoms with Crippen LogP contribution in [0.4, 0.5) is 5.69 Å². The summed E-state index contributed by atoms with van der Waals surface area (Å²) in [7, 11) is -0.971. The van der Waals surface area contributed by atoms with Crippen LogP contribution in [0.15, 0.2) is 18.2 Å². The molecule has 3 heteroatoms. The van der Waals surface area contributed by atoms with Gasteiger partial charge in [0.25, 0.3) is 0 Å². The molecule has 0 aromatic heterocycles. The Morgan fingerprint density at radius 3 is 2.38 bits per heavy atom. The van der Waals surface area contributed by atoms with Gasteiger partial charge >= 0.3 is 0 Å². The van der Waals surface area contributed by atoms with Gasteiger partial charge in [-0.25, -0.2) is 0 Å². The van der Waals surface area contributed by atoms with Crippen LogP contribution in [0.2, 0.25) is 13.1 Å². The quantitative estimate of drug-likeness (QED) is 0.648. The van der Waals surface area contributed by atoms with Gasteiger partial charge in [0.05, 0.1) is 6.61 Å². The van der Waals surface area contributed by atoms with Gasteiger partial charge in [0, 0.05) is 5.69 Å². The number of hydrogen-bond donors (Lipinski definition) is 1. The Kier molecular flexibility index (Phi) is 4.16. The van der Waals surface area contributed by atoms with E-state index in [-0.39, 0.29) is 5.41 Å². The SMILES string of the molecule is C[SiH](C)OCc1cccc(N)c1C(C)(C)C. The Labute approximate surface area is 101 Å². The zero-order chi connectivity index (χ0) is 12.3. The summed E-state index contributed by atoms with van der Waals surface area (Å²) in [6.07, 6.45) is 0. The molecule has 16 heavy (non-hydrogen) atoms. The summed E-state index contributed by atoms with van der Waals surface area (Å²) >= 11 is 0. The van der Waals surface area contributed by atoms with Gasteiger partial charge in [-0.3, -0.25) is 0 Å². The maximum absolute atomic E-state index is 6.07. The highest BCUT2D eigenvalue weighted by molar-refractivity contribution is 6.48. The van der Waals surface area contributed by atoms with Gasteiger partial charge in [-0.2, -0.15) is 0 Å². The Bertz CT molecular complexity index is 355. The summed E-state index contributed by atoms with van der Waals surface area (Å²) in [5.41, 5.74) is 9.47. The van der Waals surface area contributed by atoms with Gasteiger partial charge in [-0.05, 0) is 35.7 Å². The lowest BCUT2D eigenvalue weighted by Crippen LogP contribution is -2.18. The first-order chi connectivity index (χ1) is 7.32. The van der Waals surface area contributed by atoms with Crippen LogP contribution in [0.3, 0.4) is 0 Å². The number of anilines is 1. The first-order valence-electron chi connectivity index (χ1n) is 5.82. The molecule has 0 fully saturated rings. The van der Waals surface area contributed by atoms with Crippen molar-refractivity contribution in [3.05, 3.63) is 29.3 Å². The number of hydrogen-bond acceptors (Lipinski definition) is 2. The van der Waals surface area contributed by atoms with Crippen molar-refractivity contribution in [2.45, 2.75) is 45.9 Å². The highest BCUT2D eigenvalue weighted by Crippen LogP contribution is 2.31. The number of nitrogen functional groups attached to an aromatic ring is 1. The predicted octanol–water partition coefficient (Wildman–Crippen LogP) is 3.07. The van der Waals surface area contributed by atoms with Gasteiger partial charge in [0.15, 0.2) is 9.04 Å². The summed E-state index contributed by atoms with van der Waals surface area (Å²) in [6, 6.07) is 6.09. The Hall–Kier alpha value is -0.803. The number of nitrogens with two attached hydrogens (primary N) is 1. The Morgan fingerprint density at radius 1 is 1.25 bits per heavy atom. The standard InChI is InChI=1S/C13H23NOSi/c1-13(2,3)12-10(9-15-16(4)5)7-6-8-11(12)14/h6-8,16H,9,14H2,1-5H3. The summed E-state index contributed by atoms with van der Waals surface area (Å²) in [5, 5.41) is 0. The van der Waals surface area contributed by atoms with E-state index < -0.39 is 9.04 Å². The molecule has 0 aliphatic heterocycles. The first kappa shape index (κ1) is 13.3. The lowest BCUT2D eigenvalue weighted by Gasteiger charge is -2.25. The highest BCUT2D eigenvalue weighted by atomic mass is 28.3. The van der Waals surface area contributed by atoms with Gasteiger partial charge in [-0.1, -0.05) is 32.9 Å². The van der Waals surface area contributed by atoms with Crippen LogP contribution < -0.4 is 5.73 Å². The maximum atomic E-state index is 6.07. The molecule has 1 aromatic carbocycles. The van der Waals surface area contributed by atoms with Crippen LogP contribution in [0.25, 0.3) is 0 Å². The molecular weight excluding hydrogens is 214 g/mol. The summed E-state index contributed by atoms with van der Waals surface area (Å²) in [6.45, 7) is 11.6. The van der Waals surface area contributed by atoms with E-state index in [4.69, 9.17) is 10.2 Å². The molecule has 1 rings (SSSR count). The molecule has 0 heterocycles.